The largest absolute Gasteiger partial charge is 0.291 e. The van der Waals surface area contributed by atoms with Crippen LogP contribution in [0.15, 0.2) is 53.7 Å². The molecule has 0 spiro atoms. The number of nitrogens with zero attached hydrogens (tertiary/aromatic N) is 2. The molecule has 0 saturated heterocycles. The number of rotatable bonds is 5. The molecule has 3 rings (SSSR count). The van der Waals surface area contributed by atoms with E-state index in [0.29, 0.717) is 0 Å². The van der Waals surface area contributed by atoms with Crippen LogP contribution in [0.3, 0.4) is 0 Å². The van der Waals surface area contributed by atoms with Gasteiger partial charge >= 0.3 is 0 Å². The first-order valence-electron chi connectivity index (χ1n) is 7.10. The van der Waals surface area contributed by atoms with Crippen LogP contribution in [0.4, 0.5) is 16.0 Å². The highest BCUT2D eigenvalue weighted by atomic mass is 35.5. The van der Waals surface area contributed by atoms with Crippen LogP contribution in [0.25, 0.3) is 0 Å². The van der Waals surface area contributed by atoms with Gasteiger partial charge in [-0.05, 0) is 42.5 Å². The predicted octanol–water partition coefficient (Wildman–Crippen LogP) is 2.65. The van der Waals surface area contributed by atoms with E-state index in [1.54, 1.807) is 0 Å². The van der Waals surface area contributed by atoms with E-state index in [4.69, 9.17) is 11.6 Å². The lowest BCUT2D eigenvalue weighted by Gasteiger charge is -2.10. The molecule has 0 bridgehead atoms. The summed E-state index contributed by atoms with van der Waals surface area (Å²) in [4.78, 5) is 15.8. The quantitative estimate of drug-likeness (QED) is 0.614. The summed E-state index contributed by atoms with van der Waals surface area (Å²) in [6.45, 7) is 0. The summed E-state index contributed by atoms with van der Waals surface area (Å²) < 4.78 is 40.2. The highest BCUT2D eigenvalue weighted by Crippen LogP contribution is 2.23. The minimum atomic E-state index is -4.01. The van der Waals surface area contributed by atoms with Crippen molar-refractivity contribution < 1.29 is 17.6 Å². The summed E-state index contributed by atoms with van der Waals surface area (Å²) in [5, 5.41) is 8.49. The van der Waals surface area contributed by atoms with Crippen molar-refractivity contribution in [2.75, 3.05) is 10.0 Å². The third-order valence-electron chi connectivity index (χ3n) is 3.24. The van der Waals surface area contributed by atoms with Gasteiger partial charge in [-0.15, -0.1) is 0 Å². The molecule has 26 heavy (non-hydrogen) atoms. The van der Waals surface area contributed by atoms with Gasteiger partial charge in [-0.1, -0.05) is 11.6 Å². The summed E-state index contributed by atoms with van der Waals surface area (Å²) in [5.41, 5.74) is 0.110. The fourth-order valence-corrected chi connectivity index (χ4v) is 3.31. The van der Waals surface area contributed by atoms with Gasteiger partial charge in [0.05, 0.1) is 15.5 Å². The minimum absolute atomic E-state index is 0.0581. The smallest absolute Gasteiger partial charge is 0.261 e. The lowest BCUT2D eigenvalue weighted by Crippen LogP contribution is -2.17. The highest BCUT2D eigenvalue weighted by Gasteiger charge is 2.19. The Labute approximate surface area is 152 Å². The lowest BCUT2D eigenvalue weighted by molar-refractivity contribution is 0.102. The van der Waals surface area contributed by atoms with Crippen molar-refractivity contribution in [3.63, 3.8) is 0 Å². The van der Waals surface area contributed by atoms with Crippen molar-refractivity contribution in [2.45, 2.75) is 4.90 Å². The fraction of sp³-hybridized carbons (Fsp3) is 0. The molecular formula is C15H11ClFN5O3S. The van der Waals surface area contributed by atoms with Crippen molar-refractivity contribution in [3.05, 3.63) is 65.2 Å². The molecule has 0 fully saturated rings. The average molecular weight is 396 g/mol. The van der Waals surface area contributed by atoms with Crippen LogP contribution in [0.2, 0.25) is 5.02 Å². The summed E-state index contributed by atoms with van der Waals surface area (Å²) in [7, 11) is -4.01. The Morgan fingerprint density at radius 3 is 2.54 bits per heavy atom. The van der Waals surface area contributed by atoms with Crippen LogP contribution in [0, 0.1) is 5.82 Å². The molecule has 1 amide bonds. The van der Waals surface area contributed by atoms with Crippen LogP contribution in [0.1, 0.15) is 10.4 Å². The first-order chi connectivity index (χ1) is 12.3. The zero-order valence-corrected chi connectivity index (χ0v) is 14.5. The molecule has 2 aromatic carbocycles. The molecule has 0 unspecified atom stereocenters. The Morgan fingerprint density at radius 2 is 1.88 bits per heavy atom. The van der Waals surface area contributed by atoms with Crippen molar-refractivity contribution in [1.82, 2.24) is 15.2 Å². The van der Waals surface area contributed by atoms with E-state index in [-0.39, 0.29) is 27.1 Å². The van der Waals surface area contributed by atoms with Crippen LogP contribution in [-0.2, 0) is 10.0 Å². The van der Waals surface area contributed by atoms with Crippen molar-refractivity contribution in [1.29, 1.82) is 0 Å². The molecule has 1 aromatic heterocycles. The van der Waals surface area contributed by atoms with E-state index >= 15 is 0 Å². The maximum atomic E-state index is 12.9. The standard InChI is InChI=1S/C15H11ClFN5O3S/c16-13-6-5-11(7-12(13)14(23)20-15-18-8-19-21-15)26(24,25)22-10-3-1-9(17)2-4-10/h1-8,22H,(H2,18,19,20,21,23). The zero-order chi connectivity index (χ0) is 18.7. The number of benzene rings is 2. The second kappa shape index (κ2) is 7.10. The summed E-state index contributed by atoms with van der Waals surface area (Å²) in [5.74, 6) is -1.07. The number of sulfonamides is 1. The molecule has 0 radical (unpaired) electrons. The maximum Gasteiger partial charge on any atom is 0.261 e. The van der Waals surface area contributed by atoms with Crippen molar-refractivity contribution >= 4 is 39.2 Å². The number of hydrogen-bond acceptors (Lipinski definition) is 5. The number of H-pyrrole nitrogens is 1. The molecule has 8 nitrogen and oxygen atoms in total. The number of nitrogens with one attached hydrogen (secondary N) is 3. The highest BCUT2D eigenvalue weighted by molar-refractivity contribution is 7.92. The zero-order valence-electron chi connectivity index (χ0n) is 12.9. The predicted molar refractivity (Wildman–Crippen MR) is 93.0 cm³/mol. The monoisotopic (exact) mass is 395 g/mol. The Bertz CT molecular complexity index is 1040. The van der Waals surface area contributed by atoms with Gasteiger partial charge in [-0.2, -0.15) is 10.1 Å². The minimum Gasteiger partial charge on any atom is -0.291 e. The van der Waals surface area contributed by atoms with Crippen LogP contribution < -0.4 is 10.0 Å². The van der Waals surface area contributed by atoms with E-state index in [1.807, 2.05) is 0 Å². The van der Waals surface area contributed by atoms with E-state index in [9.17, 15) is 17.6 Å². The van der Waals surface area contributed by atoms with Gasteiger partial charge < -0.3 is 0 Å². The Balaban J connectivity index is 1.88. The van der Waals surface area contributed by atoms with Crippen LogP contribution in [0.5, 0.6) is 0 Å². The first-order valence-corrected chi connectivity index (χ1v) is 8.96. The van der Waals surface area contributed by atoms with Gasteiger partial charge in [0.15, 0.2) is 0 Å². The average Bonchev–Trinajstić information content (AvgIpc) is 3.10. The van der Waals surface area contributed by atoms with Gasteiger partial charge in [0.1, 0.15) is 12.1 Å². The summed E-state index contributed by atoms with van der Waals surface area (Å²) in [6.07, 6.45) is 1.20. The van der Waals surface area contributed by atoms with Gasteiger partial charge in [-0.3, -0.25) is 14.8 Å². The third kappa shape index (κ3) is 3.98. The number of aromatic nitrogens is 3. The number of hydrogen-bond donors (Lipinski definition) is 3. The van der Waals surface area contributed by atoms with Crippen molar-refractivity contribution in [3.8, 4) is 0 Å². The first kappa shape index (κ1) is 17.8. The van der Waals surface area contributed by atoms with E-state index in [1.165, 1.54) is 30.6 Å². The molecule has 3 aromatic rings. The molecule has 3 N–H and O–H groups in total. The molecule has 0 aliphatic carbocycles. The molecule has 134 valence electrons. The van der Waals surface area contributed by atoms with E-state index < -0.39 is 21.7 Å². The Hall–Kier alpha value is -2.98. The molecule has 1 heterocycles. The van der Waals surface area contributed by atoms with Gasteiger partial charge in [0, 0.05) is 5.69 Å². The SMILES string of the molecule is O=C(Nc1ncn[nH]1)c1cc(S(=O)(=O)Nc2ccc(F)cc2)ccc1Cl. The van der Waals surface area contributed by atoms with Gasteiger partial charge in [0.25, 0.3) is 15.9 Å². The van der Waals surface area contributed by atoms with Crippen molar-refractivity contribution in [2.24, 2.45) is 0 Å². The molecule has 0 aliphatic rings. The molecular weight excluding hydrogens is 385 g/mol. The van der Waals surface area contributed by atoms with Crippen LogP contribution >= 0.6 is 11.6 Å². The summed E-state index contributed by atoms with van der Waals surface area (Å²) >= 11 is 5.99. The number of amides is 1. The number of carbonyl (C=O) groups excluding carboxylic acids is 1. The number of aromatic amines is 1. The third-order valence-corrected chi connectivity index (χ3v) is 4.94. The summed E-state index contributed by atoms with van der Waals surface area (Å²) in [6, 6.07) is 8.46. The van der Waals surface area contributed by atoms with Crippen LogP contribution in [-0.4, -0.2) is 29.5 Å². The molecule has 0 atom stereocenters. The Morgan fingerprint density at radius 1 is 1.15 bits per heavy atom. The van der Waals surface area contributed by atoms with E-state index in [2.05, 4.69) is 25.2 Å². The van der Waals surface area contributed by atoms with Gasteiger partial charge in [0.2, 0.25) is 5.95 Å². The normalized spacial score (nSPS) is 11.2. The number of halogens is 2. The second-order valence-corrected chi connectivity index (χ2v) is 7.13. The maximum absolute atomic E-state index is 12.9. The van der Waals surface area contributed by atoms with Gasteiger partial charge in [-0.25, -0.2) is 17.9 Å². The van der Waals surface area contributed by atoms with E-state index in [0.717, 1.165) is 18.2 Å². The number of carbonyl (C=O) groups is 1. The fourth-order valence-electron chi connectivity index (χ4n) is 2.02. The lowest BCUT2D eigenvalue weighted by atomic mass is 10.2. The Kier molecular flexibility index (Phi) is 4.87. The second-order valence-electron chi connectivity index (χ2n) is 5.04. The molecule has 0 saturated carbocycles. The molecule has 11 heteroatoms. The topological polar surface area (TPSA) is 117 Å². The molecule has 0 aliphatic heterocycles. The number of anilines is 2.